The highest BCUT2D eigenvalue weighted by molar-refractivity contribution is 4.84. The van der Waals surface area contributed by atoms with Gasteiger partial charge in [0.15, 0.2) is 0 Å². The zero-order valence-electron chi connectivity index (χ0n) is 12.3. The molecule has 0 aromatic rings. The van der Waals surface area contributed by atoms with Gasteiger partial charge in [-0.2, -0.15) is 0 Å². The van der Waals surface area contributed by atoms with Crippen molar-refractivity contribution in [3.8, 4) is 0 Å². The molecular weight excluding hydrogens is 224 g/mol. The van der Waals surface area contributed by atoms with E-state index in [1.807, 2.05) is 0 Å². The predicted octanol–water partition coefficient (Wildman–Crippen LogP) is 1.98. The standard InChI is InChI=1S/C15H30N2O/c1-4-16-15-5-6-18-11-14(15)10-17-8-12(2)7-13(3)9-17/h12-16H,4-11H2,1-3H3. The summed E-state index contributed by atoms with van der Waals surface area (Å²) < 4.78 is 5.69. The number of nitrogens with one attached hydrogen (secondary N) is 1. The lowest BCUT2D eigenvalue weighted by Gasteiger charge is -2.40. The second-order valence-electron chi connectivity index (χ2n) is 6.45. The van der Waals surface area contributed by atoms with Crippen LogP contribution in [0.4, 0.5) is 0 Å². The van der Waals surface area contributed by atoms with Crippen LogP contribution in [-0.4, -0.2) is 50.3 Å². The van der Waals surface area contributed by atoms with Crippen LogP contribution in [0.5, 0.6) is 0 Å². The molecule has 2 heterocycles. The van der Waals surface area contributed by atoms with Gasteiger partial charge in [0.25, 0.3) is 0 Å². The maximum Gasteiger partial charge on any atom is 0.0521 e. The zero-order valence-corrected chi connectivity index (χ0v) is 12.3. The van der Waals surface area contributed by atoms with E-state index >= 15 is 0 Å². The minimum atomic E-state index is 0.663. The van der Waals surface area contributed by atoms with Crippen molar-refractivity contribution in [1.82, 2.24) is 10.2 Å². The molecule has 18 heavy (non-hydrogen) atoms. The van der Waals surface area contributed by atoms with Crippen LogP contribution in [0.25, 0.3) is 0 Å². The van der Waals surface area contributed by atoms with Gasteiger partial charge in [0.1, 0.15) is 0 Å². The SMILES string of the molecule is CCNC1CCOCC1CN1CC(C)CC(C)C1. The van der Waals surface area contributed by atoms with Gasteiger partial charge in [-0.25, -0.2) is 0 Å². The molecule has 3 nitrogen and oxygen atoms in total. The maximum absolute atomic E-state index is 5.69. The van der Waals surface area contributed by atoms with Gasteiger partial charge in [0.05, 0.1) is 6.61 Å². The number of rotatable bonds is 4. The molecule has 0 saturated carbocycles. The first-order valence-corrected chi connectivity index (χ1v) is 7.72. The molecule has 0 aromatic heterocycles. The highest BCUT2D eigenvalue weighted by Crippen LogP contribution is 2.24. The van der Waals surface area contributed by atoms with E-state index < -0.39 is 0 Å². The van der Waals surface area contributed by atoms with Crippen LogP contribution in [0.15, 0.2) is 0 Å². The minimum Gasteiger partial charge on any atom is -0.381 e. The molecule has 0 radical (unpaired) electrons. The molecule has 0 amide bonds. The number of hydrogen-bond donors (Lipinski definition) is 1. The van der Waals surface area contributed by atoms with Crippen molar-refractivity contribution in [2.45, 2.75) is 39.7 Å². The third-order valence-corrected chi connectivity index (χ3v) is 4.38. The first kappa shape index (κ1) is 14.3. The smallest absolute Gasteiger partial charge is 0.0521 e. The largest absolute Gasteiger partial charge is 0.381 e. The number of hydrogen-bond acceptors (Lipinski definition) is 3. The Balaban J connectivity index is 1.85. The molecule has 2 aliphatic rings. The van der Waals surface area contributed by atoms with Gasteiger partial charge in [-0.05, 0) is 31.2 Å². The van der Waals surface area contributed by atoms with Crippen LogP contribution >= 0.6 is 0 Å². The predicted molar refractivity (Wildman–Crippen MR) is 75.8 cm³/mol. The molecule has 106 valence electrons. The number of likely N-dealkylation sites (tertiary alicyclic amines) is 1. The summed E-state index contributed by atoms with van der Waals surface area (Å²) >= 11 is 0. The monoisotopic (exact) mass is 254 g/mol. The molecule has 2 aliphatic heterocycles. The van der Waals surface area contributed by atoms with Crippen molar-refractivity contribution in [2.75, 3.05) is 39.4 Å². The Morgan fingerprint density at radius 1 is 1.22 bits per heavy atom. The fourth-order valence-corrected chi connectivity index (χ4v) is 3.78. The fraction of sp³-hybridized carbons (Fsp3) is 1.00. The molecule has 2 rings (SSSR count). The summed E-state index contributed by atoms with van der Waals surface area (Å²) in [6.45, 7) is 13.7. The van der Waals surface area contributed by atoms with E-state index in [0.29, 0.717) is 12.0 Å². The third-order valence-electron chi connectivity index (χ3n) is 4.38. The minimum absolute atomic E-state index is 0.663. The Morgan fingerprint density at radius 2 is 1.94 bits per heavy atom. The van der Waals surface area contributed by atoms with Crippen LogP contribution in [0, 0.1) is 17.8 Å². The Hall–Kier alpha value is -0.120. The summed E-state index contributed by atoms with van der Waals surface area (Å²) in [5.74, 6) is 2.39. The van der Waals surface area contributed by atoms with Crippen LogP contribution in [0.1, 0.15) is 33.6 Å². The summed E-state index contributed by atoms with van der Waals surface area (Å²) in [7, 11) is 0. The van der Waals surface area contributed by atoms with Gasteiger partial charge in [0, 0.05) is 38.2 Å². The first-order valence-electron chi connectivity index (χ1n) is 7.72. The Kier molecular flexibility index (Phi) is 5.46. The van der Waals surface area contributed by atoms with E-state index in [4.69, 9.17) is 4.74 Å². The lowest BCUT2D eigenvalue weighted by atomic mass is 9.89. The molecule has 4 atom stereocenters. The van der Waals surface area contributed by atoms with Crippen molar-refractivity contribution in [1.29, 1.82) is 0 Å². The lowest BCUT2D eigenvalue weighted by molar-refractivity contribution is 0.00710. The highest BCUT2D eigenvalue weighted by Gasteiger charge is 2.29. The molecule has 4 unspecified atom stereocenters. The Bertz CT molecular complexity index is 235. The maximum atomic E-state index is 5.69. The molecule has 0 aromatic carbocycles. The number of nitrogens with zero attached hydrogens (tertiary/aromatic N) is 1. The molecule has 1 N–H and O–H groups in total. The van der Waals surface area contributed by atoms with E-state index in [9.17, 15) is 0 Å². The van der Waals surface area contributed by atoms with Crippen molar-refractivity contribution in [3.63, 3.8) is 0 Å². The average molecular weight is 254 g/mol. The average Bonchev–Trinajstić information content (AvgIpc) is 2.30. The summed E-state index contributed by atoms with van der Waals surface area (Å²) in [4.78, 5) is 2.67. The fourth-order valence-electron chi connectivity index (χ4n) is 3.78. The van der Waals surface area contributed by atoms with Crippen molar-refractivity contribution in [2.24, 2.45) is 17.8 Å². The Labute approximate surface area is 112 Å². The summed E-state index contributed by atoms with van der Waals surface area (Å²) in [6, 6.07) is 0.663. The van der Waals surface area contributed by atoms with Gasteiger partial charge in [-0.15, -0.1) is 0 Å². The molecule has 2 fully saturated rings. The second kappa shape index (κ2) is 6.88. The van der Waals surface area contributed by atoms with Crippen molar-refractivity contribution >= 4 is 0 Å². The molecule has 0 spiro atoms. The number of piperidine rings is 1. The Morgan fingerprint density at radius 3 is 2.61 bits per heavy atom. The summed E-state index contributed by atoms with van der Waals surface area (Å²) in [6.07, 6.45) is 2.58. The van der Waals surface area contributed by atoms with E-state index in [1.165, 1.54) is 32.5 Å². The van der Waals surface area contributed by atoms with Crippen molar-refractivity contribution in [3.05, 3.63) is 0 Å². The summed E-state index contributed by atoms with van der Waals surface area (Å²) in [5, 5.41) is 3.64. The molecule has 0 aliphatic carbocycles. The quantitative estimate of drug-likeness (QED) is 0.830. The van der Waals surface area contributed by atoms with Crippen LogP contribution in [-0.2, 0) is 4.74 Å². The van der Waals surface area contributed by atoms with Crippen LogP contribution in [0.3, 0.4) is 0 Å². The lowest BCUT2D eigenvalue weighted by Crippen LogP contribution is -2.50. The van der Waals surface area contributed by atoms with Gasteiger partial charge in [-0.3, -0.25) is 0 Å². The molecule has 0 bridgehead atoms. The van der Waals surface area contributed by atoms with Crippen LogP contribution < -0.4 is 5.32 Å². The van der Waals surface area contributed by atoms with E-state index in [-0.39, 0.29) is 0 Å². The molecular formula is C15H30N2O. The van der Waals surface area contributed by atoms with Crippen LogP contribution in [0.2, 0.25) is 0 Å². The third kappa shape index (κ3) is 3.94. The second-order valence-corrected chi connectivity index (χ2v) is 6.45. The van der Waals surface area contributed by atoms with Crippen molar-refractivity contribution < 1.29 is 4.74 Å². The highest BCUT2D eigenvalue weighted by atomic mass is 16.5. The van der Waals surface area contributed by atoms with E-state index in [2.05, 4.69) is 31.0 Å². The topological polar surface area (TPSA) is 24.5 Å². The normalized spacial score (nSPS) is 38.8. The van der Waals surface area contributed by atoms with E-state index in [1.54, 1.807) is 0 Å². The molecule has 2 saturated heterocycles. The van der Waals surface area contributed by atoms with E-state index in [0.717, 1.165) is 31.6 Å². The van der Waals surface area contributed by atoms with Gasteiger partial charge >= 0.3 is 0 Å². The summed E-state index contributed by atoms with van der Waals surface area (Å²) in [5.41, 5.74) is 0. The first-order chi connectivity index (χ1) is 8.69. The van der Waals surface area contributed by atoms with Gasteiger partial charge in [-0.1, -0.05) is 20.8 Å². The molecule has 3 heteroatoms. The number of ether oxygens (including phenoxy) is 1. The van der Waals surface area contributed by atoms with Gasteiger partial charge < -0.3 is 15.0 Å². The zero-order chi connectivity index (χ0) is 13.0. The van der Waals surface area contributed by atoms with Gasteiger partial charge in [0.2, 0.25) is 0 Å².